The zero-order valence-corrected chi connectivity index (χ0v) is 11.4. The second-order valence-corrected chi connectivity index (χ2v) is 2.90. The van der Waals surface area contributed by atoms with Crippen LogP contribution in [-0.4, -0.2) is 0 Å². The summed E-state index contributed by atoms with van der Waals surface area (Å²) in [5.41, 5.74) is 3.07. The zero-order chi connectivity index (χ0) is 8.81. The van der Waals surface area contributed by atoms with E-state index in [9.17, 15) is 0 Å². The van der Waals surface area contributed by atoms with E-state index in [-0.39, 0.29) is 21.1 Å². The fourth-order valence-corrected chi connectivity index (χ4v) is 1.60. The first kappa shape index (κ1) is 12.9. The fraction of sp³-hybridized carbons (Fsp3) is 0.500. The van der Waals surface area contributed by atoms with Gasteiger partial charge in [-0.25, -0.2) is 0 Å². The summed E-state index contributed by atoms with van der Waals surface area (Å²) >= 11 is 0. The quantitative estimate of drug-likeness (QED) is 0.633. The second-order valence-electron chi connectivity index (χ2n) is 2.90. The molecule has 2 rings (SSSR count). The van der Waals surface area contributed by atoms with Crippen LogP contribution in [0.15, 0.2) is 18.2 Å². The molecule has 1 aliphatic rings. The van der Waals surface area contributed by atoms with Crippen LogP contribution in [0.2, 0.25) is 0 Å². The number of fused-ring (bicyclic) bond motifs is 1. The molecule has 0 aliphatic heterocycles. The number of hydrogen-bond donors (Lipinski definition) is 0. The second kappa shape index (κ2) is 7.33. The first-order valence-electron chi connectivity index (χ1n) is 4.95. The van der Waals surface area contributed by atoms with Gasteiger partial charge >= 0.3 is 0 Å². The van der Waals surface area contributed by atoms with Crippen molar-refractivity contribution in [2.75, 3.05) is 0 Å². The van der Waals surface area contributed by atoms with Crippen LogP contribution in [-0.2, 0) is 33.9 Å². The summed E-state index contributed by atoms with van der Waals surface area (Å²) in [4.78, 5) is 0. The Morgan fingerprint density at radius 1 is 1.08 bits per heavy atom. The molecule has 0 N–H and O–H groups in total. The molecule has 0 unspecified atom stereocenters. The van der Waals surface area contributed by atoms with Gasteiger partial charge in [0.25, 0.3) is 0 Å². The molecule has 72 valence electrons. The van der Waals surface area contributed by atoms with Gasteiger partial charge in [0, 0.05) is 21.1 Å². The van der Waals surface area contributed by atoms with Crippen LogP contribution in [0, 0.1) is 6.07 Å². The number of benzene rings is 1. The van der Waals surface area contributed by atoms with Gasteiger partial charge in [-0.15, -0.1) is 0 Å². The monoisotopic (exact) mass is 345 g/mol. The fourth-order valence-electron chi connectivity index (χ4n) is 1.60. The van der Waals surface area contributed by atoms with E-state index in [1.54, 1.807) is 5.56 Å². The molecule has 0 amide bonds. The maximum atomic E-state index is 3.12. The van der Waals surface area contributed by atoms with Gasteiger partial charge in [0.1, 0.15) is 0 Å². The van der Waals surface area contributed by atoms with Crippen LogP contribution < -0.4 is 0 Å². The van der Waals surface area contributed by atoms with Crippen molar-refractivity contribution in [3.05, 3.63) is 35.4 Å². The van der Waals surface area contributed by atoms with Crippen molar-refractivity contribution in [3.63, 3.8) is 0 Å². The van der Waals surface area contributed by atoms with E-state index < -0.39 is 0 Å². The van der Waals surface area contributed by atoms with E-state index in [0.717, 1.165) is 0 Å². The Labute approximate surface area is 96.0 Å². The third-order valence-corrected chi connectivity index (χ3v) is 2.19. The molecule has 0 aromatic heterocycles. The molecule has 0 nitrogen and oxygen atoms in total. The average Bonchev–Trinajstić information content (AvgIpc) is 2.21. The maximum absolute atomic E-state index is 3.12. The maximum Gasteiger partial charge on any atom is 0 e. The Kier molecular flexibility index (Phi) is 7.27. The Balaban J connectivity index is 0.000000451. The average molecular weight is 345 g/mol. The molecule has 0 saturated heterocycles. The van der Waals surface area contributed by atoms with E-state index in [0.29, 0.717) is 0 Å². The molecule has 0 spiro atoms. The van der Waals surface area contributed by atoms with Gasteiger partial charge in [-0.3, -0.25) is 0 Å². The van der Waals surface area contributed by atoms with Crippen LogP contribution in [0.3, 0.4) is 0 Å². The SMILES string of the molecule is CC.[W].[c-]1ccc2c(c1)CCCC2. The predicted octanol–water partition coefficient (Wildman–Crippen LogP) is 3.39. The van der Waals surface area contributed by atoms with Crippen molar-refractivity contribution in [1.29, 1.82) is 0 Å². The summed E-state index contributed by atoms with van der Waals surface area (Å²) in [5, 5.41) is 0. The molecule has 0 bridgehead atoms. The van der Waals surface area contributed by atoms with E-state index >= 15 is 0 Å². The van der Waals surface area contributed by atoms with Crippen LogP contribution in [0.4, 0.5) is 0 Å². The van der Waals surface area contributed by atoms with Crippen molar-refractivity contribution in [1.82, 2.24) is 0 Å². The topological polar surface area (TPSA) is 0 Å². The van der Waals surface area contributed by atoms with Gasteiger partial charge in [-0.2, -0.15) is 35.4 Å². The van der Waals surface area contributed by atoms with Crippen LogP contribution in [0.25, 0.3) is 0 Å². The van der Waals surface area contributed by atoms with Crippen molar-refractivity contribution < 1.29 is 21.1 Å². The molecule has 0 radical (unpaired) electrons. The van der Waals surface area contributed by atoms with Crippen molar-refractivity contribution in [2.24, 2.45) is 0 Å². The summed E-state index contributed by atoms with van der Waals surface area (Å²) in [5.74, 6) is 0. The summed E-state index contributed by atoms with van der Waals surface area (Å²) in [6, 6.07) is 9.47. The summed E-state index contributed by atoms with van der Waals surface area (Å²) in [7, 11) is 0. The number of hydrogen-bond acceptors (Lipinski definition) is 0. The zero-order valence-electron chi connectivity index (χ0n) is 8.47. The Morgan fingerprint density at radius 2 is 1.69 bits per heavy atom. The predicted molar refractivity (Wildman–Crippen MR) is 53.3 cm³/mol. The third kappa shape index (κ3) is 3.65. The van der Waals surface area contributed by atoms with Gasteiger partial charge in [0.15, 0.2) is 0 Å². The number of rotatable bonds is 0. The van der Waals surface area contributed by atoms with Gasteiger partial charge in [0.2, 0.25) is 0 Å². The van der Waals surface area contributed by atoms with Crippen LogP contribution in [0.1, 0.15) is 37.8 Å². The largest absolute Gasteiger partial charge is 0.184 e. The summed E-state index contributed by atoms with van der Waals surface area (Å²) in [6.45, 7) is 4.00. The minimum absolute atomic E-state index is 0. The molecular weight excluding hydrogens is 328 g/mol. The minimum atomic E-state index is 0. The molecule has 0 saturated carbocycles. The van der Waals surface area contributed by atoms with Crippen LogP contribution in [0.5, 0.6) is 0 Å². The first-order chi connectivity index (χ1) is 5.97. The molecule has 13 heavy (non-hydrogen) atoms. The Hall–Kier alpha value is -0.0917. The Morgan fingerprint density at radius 3 is 2.31 bits per heavy atom. The molecule has 0 heterocycles. The minimum Gasteiger partial charge on any atom is -0.184 e. The first-order valence-corrected chi connectivity index (χ1v) is 4.95. The molecule has 0 fully saturated rings. The third-order valence-electron chi connectivity index (χ3n) is 2.19. The van der Waals surface area contributed by atoms with Gasteiger partial charge < -0.3 is 0 Å². The van der Waals surface area contributed by atoms with Crippen molar-refractivity contribution in [3.8, 4) is 0 Å². The van der Waals surface area contributed by atoms with Crippen LogP contribution >= 0.6 is 0 Å². The summed E-state index contributed by atoms with van der Waals surface area (Å²) in [6.07, 6.45) is 5.29. The normalized spacial score (nSPS) is 13.1. The summed E-state index contributed by atoms with van der Waals surface area (Å²) < 4.78 is 0. The van der Waals surface area contributed by atoms with Crippen molar-refractivity contribution >= 4 is 0 Å². The van der Waals surface area contributed by atoms with Gasteiger partial charge in [-0.05, 0) is 0 Å². The van der Waals surface area contributed by atoms with Crippen molar-refractivity contribution in [2.45, 2.75) is 39.5 Å². The Bertz CT molecular complexity index is 205. The molecular formula is C12H17W-. The standard InChI is InChI=1S/C10H11.C2H6.W/c1-2-6-10-8-4-3-7-9(10)5-1;1-2;/h1,5-6H,3-4,7-8H2;1-2H3;/q-1;;. The van der Waals surface area contributed by atoms with E-state index in [2.05, 4.69) is 18.2 Å². The molecule has 0 atom stereocenters. The van der Waals surface area contributed by atoms with E-state index in [4.69, 9.17) is 0 Å². The smallest absolute Gasteiger partial charge is 0 e. The molecule has 1 heteroatoms. The van der Waals surface area contributed by atoms with Gasteiger partial charge in [0.05, 0.1) is 0 Å². The number of aryl methyl sites for hydroxylation is 2. The van der Waals surface area contributed by atoms with E-state index in [1.807, 2.05) is 19.9 Å². The molecule has 1 aliphatic carbocycles. The van der Waals surface area contributed by atoms with E-state index in [1.165, 1.54) is 31.2 Å². The van der Waals surface area contributed by atoms with Gasteiger partial charge in [-0.1, -0.05) is 39.5 Å². The molecule has 1 aromatic carbocycles. The molecule has 1 aromatic rings.